The molecule has 0 atom stereocenters. The fraction of sp³-hybridized carbons (Fsp3) is 0.167. The van der Waals surface area contributed by atoms with Crippen molar-refractivity contribution in [1.82, 2.24) is 0 Å². The summed E-state index contributed by atoms with van der Waals surface area (Å²) in [7, 11) is -3.51. The number of hydrogen-bond acceptors (Lipinski definition) is 3. The van der Waals surface area contributed by atoms with Gasteiger partial charge in [0.05, 0.1) is 5.69 Å². The molecule has 0 radical (unpaired) electrons. The van der Waals surface area contributed by atoms with E-state index in [1.165, 1.54) is 11.3 Å². The van der Waals surface area contributed by atoms with Crippen molar-refractivity contribution in [2.24, 2.45) is 0 Å². The van der Waals surface area contributed by atoms with Crippen molar-refractivity contribution in [1.29, 1.82) is 0 Å². The van der Waals surface area contributed by atoms with E-state index in [1.54, 1.807) is 12.1 Å². The van der Waals surface area contributed by atoms with Crippen molar-refractivity contribution in [3.63, 3.8) is 0 Å². The molecule has 0 aliphatic heterocycles. The molecule has 1 heterocycles. The van der Waals surface area contributed by atoms with Crippen LogP contribution in [0.5, 0.6) is 0 Å². The van der Waals surface area contributed by atoms with Gasteiger partial charge >= 0.3 is 0 Å². The maximum atomic E-state index is 12.3. The Hall–Kier alpha value is -0.120. The molecular formula is C12H11BrINO2S2. The first kappa shape index (κ1) is 15.3. The lowest BCUT2D eigenvalue weighted by Gasteiger charge is -2.08. The molecular weight excluding hydrogens is 461 g/mol. The van der Waals surface area contributed by atoms with E-state index < -0.39 is 10.0 Å². The minimum atomic E-state index is -3.51. The number of thiophene rings is 1. The van der Waals surface area contributed by atoms with Gasteiger partial charge in [-0.1, -0.05) is 6.92 Å². The van der Waals surface area contributed by atoms with Crippen LogP contribution in [0.25, 0.3) is 0 Å². The first-order chi connectivity index (χ1) is 8.92. The third-order valence-electron chi connectivity index (χ3n) is 2.42. The van der Waals surface area contributed by atoms with Gasteiger partial charge in [-0.05, 0) is 75.3 Å². The Kier molecular flexibility index (Phi) is 4.91. The molecule has 0 unspecified atom stereocenters. The molecule has 0 saturated heterocycles. The molecule has 1 N–H and O–H groups in total. The van der Waals surface area contributed by atoms with Crippen molar-refractivity contribution < 1.29 is 8.42 Å². The van der Waals surface area contributed by atoms with Gasteiger partial charge < -0.3 is 0 Å². The highest BCUT2D eigenvalue weighted by Crippen LogP contribution is 2.29. The minimum absolute atomic E-state index is 0.343. The molecule has 0 bridgehead atoms. The topological polar surface area (TPSA) is 46.2 Å². The van der Waals surface area contributed by atoms with E-state index in [-0.39, 0.29) is 0 Å². The quantitative estimate of drug-likeness (QED) is 0.668. The lowest BCUT2D eigenvalue weighted by Crippen LogP contribution is -2.11. The highest BCUT2D eigenvalue weighted by atomic mass is 127. The van der Waals surface area contributed by atoms with E-state index >= 15 is 0 Å². The Balaban J connectivity index is 2.33. The van der Waals surface area contributed by atoms with Crippen LogP contribution >= 0.6 is 49.9 Å². The molecule has 102 valence electrons. The number of sulfonamides is 1. The number of halogens is 2. The minimum Gasteiger partial charge on any atom is -0.278 e. The van der Waals surface area contributed by atoms with Crippen LogP contribution in [0, 0.1) is 3.57 Å². The van der Waals surface area contributed by atoms with Crippen molar-refractivity contribution in [3.05, 3.63) is 43.3 Å². The van der Waals surface area contributed by atoms with Crippen molar-refractivity contribution in [2.75, 3.05) is 4.72 Å². The van der Waals surface area contributed by atoms with E-state index in [9.17, 15) is 8.42 Å². The summed E-state index contributed by atoms with van der Waals surface area (Å²) in [6, 6.07) is 9.02. The second-order valence-corrected chi connectivity index (χ2v) is 8.98. The van der Waals surface area contributed by atoms with Gasteiger partial charge in [0.2, 0.25) is 0 Å². The molecule has 0 fully saturated rings. The Morgan fingerprint density at radius 2 is 2.05 bits per heavy atom. The largest absolute Gasteiger partial charge is 0.278 e. The maximum absolute atomic E-state index is 12.3. The highest BCUT2D eigenvalue weighted by Gasteiger charge is 2.18. The first-order valence-electron chi connectivity index (χ1n) is 5.49. The molecule has 0 aliphatic rings. The van der Waals surface area contributed by atoms with Gasteiger partial charge in [-0.25, -0.2) is 8.42 Å². The van der Waals surface area contributed by atoms with Crippen LogP contribution in [0.2, 0.25) is 0 Å². The normalized spacial score (nSPS) is 11.5. The van der Waals surface area contributed by atoms with Crippen molar-refractivity contribution in [2.45, 2.75) is 17.6 Å². The SMILES string of the molecule is CCc1ccc(S(=O)(=O)Nc2cc(I)ccc2Br)s1. The average Bonchev–Trinajstić information content (AvgIpc) is 2.83. The van der Waals surface area contributed by atoms with Crippen LogP contribution in [0.4, 0.5) is 5.69 Å². The van der Waals surface area contributed by atoms with Crippen LogP contribution < -0.4 is 4.72 Å². The third-order valence-corrected chi connectivity index (χ3v) is 6.87. The maximum Gasteiger partial charge on any atom is 0.271 e. The standard InChI is InChI=1S/C12H11BrINO2S2/c1-2-9-4-6-12(18-9)19(16,17)15-11-7-8(14)3-5-10(11)13/h3-7,15H,2H2,1H3. The Morgan fingerprint density at radius 1 is 1.32 bits per heavy atom. The summed E-state index contributed by atoms with van der Waals surface area (Å²) in [4.78, 5) is 1.06. The molecule has 3 nitrogen and oxygen atoms in total. The van der Waals surface area contributed by atoms with Crippen molar-refractivity contribution >= 4 is 65.6 Å². The summed E-state index contributed by atoms with van der Waals surface area (Å²) < 4.78 is 29.2. The molecule has 0 amide bonds. The van der Waals surface area contributed by atoms with Crippen LogP contribution in [0.15, 0.2) is 39.0 Å². The summed E-state index contributed by atoms with van der Waals surface area (Å²) in [5.41, 5.74) is 0.554. The summed E-state index contributed by atoms with van der Waals surface area (Å²) in [6.07, 6.45) is 0.840. The summed E-state index contributed by atoms with van der Waals surface area (Å²) in [6.45, 7) is 2.01. The number of nitrogens with one attached hydrogen (secondary N) is 1. The van der Waals surface area contributed by atoms with Gasteiger partial charge in [0, 0.05) is 12.9 Å². The number of hydrogen-bond donors (Lipinski definition) is 1. The third kappa shape index (κ3) is 3.71. The van der Waals surface area contributed by atoms with Gasteiger partial charge in [-0.3, -0.25) is 4.72 Å². The molecule has 0 saturated carbocycles. The second-order valence-electron chi connectivity index (χ2n) is 3.80. The highest BCUT2D eigenvalue weighted by molar-refractivity contribution is 14.1. The van der Waals surface area contributed by atoms with Gasteiger partial charge in [0.15, 0.2) is 0 Å². The predicted octanol–water partition coefficient (Wildman–Crippen LogP) is 4.48. The van der Waals surface area contributed by atoms with Crippen LogP contribution in [-0.2, 0) is 16.4 Å². The number of rotatable bonds is 4. The molecule has 2 aromatic rings. The second kappa shape index (κ2) is 6.11. The van der Waals surface area contributed by atoms with Gasteiger partial charge in [-0.2, -0.15) is 0 Å². The smallest absolute Gasteiger partial charge is 0.271 e. The average molecular weight is 472 g/mol. The summed E-state index contributed by atoms with van der Waals surface area (Å²) in [5.74, 6) is 0. The van der Waals surface area contributed by atoms with E-state index in [4.69, 9.17) is 0 Å². The molecule has 1 aromatic heterocycles. The molecule has 7 heteroatoms. The molecule has 0 spiro atoms. The monoisotopic (exact) mass is 471 g/mol. The number of benzene rings is 1. The number of anilines is 1. The van der Waals surface area contributed by atoms with Crippen LogP contribution in [-0.4, -0.2) is 8.42 Å². The zero-order chi connectivity index (χ0) is 14.0. The van der Waals surface area contributed by atoms with E-state index in [2.05, 4.69) is 43.2 Å². The predicted molar refractivity (Wildman–Crippen MR) is 91.4 cm³/mol. The molecule has 0 aliphatic carbocycles. The lowest BCUT2D eigenvalue weighted by molar-refractivity contribution is 0.603. The molecule has 2 rings (SSSR count). The fourth-order valence-corrected chi connectivity index (χ4v) is 4.80. The number of aryl methyl sites for hydroxylation is 1. The van der Waals surface area contributed by atoms with Gasteiger partial charge in [0.25, 0.3) is 10.0 Å². The Morgan fingerprint density at radius 3 is 2.68 bits per heavy atom. The zero-order valence-corrected chi connectivity index (χ0v) is 15.4. The summed E-state index contributed by atoms with van der Waals surface area (Å²) >= 11 is 6.79. The molecule has 19 heavy (non-hydrogen) atoms. The Labute approximate surface area is 138 Å². The van der Waals surface area contributed by atoms with E-state index in [0.29, 0.717) is 9.90 Å². The first-order valence-corrected chi connectivity index (χ1v) is 9.66. The van der Waals surface area contributed by atoms with Gasteiger partial charge in [0.1, 0.15) is 4.21 Å². The fourth-order valence-electron chi connectivity index (χ4n) is 1.46. The Bertz CT molecular complexity index is 698. The lowest BCUT2D eigenvalue weighted by atomic mass is 10.3. The van der Waals surface area contributed by atoms with Crippen LogP contribution in [0.1, 0.15) is 11.8 Å². The van der Waals surface area contributed by atoms with E-state index in [1.807, 2.05) is 25.1 Å². The molecule has 1 aromatic carbocycles. The van der Waals surface area contributed by atoms with Crippen molar-refractivity contribution in [3.8, 4) is 0 Å². The van der Waals surface area contributed by atoms with E-state index in [0.717, 1.165) is 19.3 Å². The van der Waals surface area contributed by atoms with Crippen LogP contribution in [0.3, 0.4) is 0 Å². The summed E-state index contributed by atoms with van der Waals surface area (Å²) in [5, 5.41) is 0. The van der Waals surface area contributed by atoms with Gasteiger partial charge in [-0.15, -0.1) is 11.3 Å². The zero-order valence-electron chi connectivity index (χ0n) is 9.98.